The van der Waals surface area contributed by atoms with Crippen LogP contribution in [0.5, 0.6) is 0 Å². The van der Waals surface area contributed by atoms with Gasteiger partial charge in [-0.25, -0.2) is 0 Å². The molecule has 0 N–H and O–H groups in total. The molecule has 2 aromatic carbocycles. The van der Waals surface area contributed by atoms with E-state index >= 15 is 0 Å². The first kappa shape index (κ1) is 19.7. The zero-order chi connectivity index (χ0) is 19.9. The molecular formula is C19H16F6O2. The molecule has 0 atom stereocenters. The number of benzene rings is 2. The van der Waals surface area contributed by atoms with E-state index in [1.165, 1.54) is 24.3 Å². The second-order valence-corrected chi connectivity index (χ2v) is 6.50. The van der Waals surface area contributed by atoms with Gasteiger partial charge in [0.2, 0.25) is 5.79 Å². The van der Waals surface area contributed by atoms with Gasteiger partial charge in [-0.3, -0.25) is 0 Å². The molecule has 3 rings (SSSR count). The highest BCUT2D eigenvalue weighted by Crippen LogP contribution is 2.42. The molecule has 1 heterocycles. The summed E-state index contributed by atoms with van der Waals surface area (Å²) in [4.78, 5) is 0. The monoisotopic (exact) mass is 390 g/mol. The summed E-state index contributed by atoms with van der Waals surface area (Å²) in [6.07, 6.45) is -9.21. The van der Waals surface area contributed by atoms with Gasteiger partial charge in [0.25, 0.3) is 0 Å². The number of alkyl halides is 6. The Hall–Kier alpha value is -2.06. The Morgan fingerprint density at radius 2 is 1.19 bits per heavy atom. The second kappa shape index (κ2) is 6.83. The fraction of sp³-hybridized carbons (Fsp3) is 0.368. The Balaban J connectivity index is 2.15. The molecule has 0 bridgehead atoms. The van der Waals surface area contributed by atoms with Crippen molar-refractivity contribution in [1.29, 1.82) is 0 Å². The first-order valence-electron chi connectivity index (χ1n) is 8.16. The predicted molar refractivity (Wildman–Crippen MR) is 84.7 cm³/mol. The average Bonchev–Trinajstić information content (AvgIpc) is 2.61. The Morgan fingerprint density at radius 3 is 1.56 bits per heavy atom. The SMILES string of the molecule is CC1COC(c2cccc(C(F)(F)F)c2)(c2cccc(C(F)(F)F)c2)OC1. The summed E-state index contributed by atoms with van der Waals surface area (Å²) in [5.41, 5.74) is -1.89. The Bertz CT molecular complexity index is 745. The minimum atomic E-state index is -4.60. The minimum Gasteiger partial charge on any atom is -0.342 e. The molecule has 1 fully saturated rings. The van der Waals surface area contributed by atoms with Crippen LogP contribution in [0.4, 0.5) is 26.3 Å². The maximum absolute atomic E-state index is 13.1. The standard InChI is InChI=1S/C19H16F6O2/c1-12-10-26-17(27-11-12,13-4-2-6-15(8-13)18(20,21)22)14-5-3-7-16(9-14)19(23,24)25/h2-9,12H,10-11H2,1H3. The number of rotatable bonds is 2. The van der Waals surface area contributed by atoms with Crippen molar-refractivity contribution in [2.45, 2.75) is 25.1 Å². The molecule has 0 saturated carbocycles. The van der Waals surface area contributed by atoms with Crippen LogP contribution in [0.15, 0.2) is 48.5 Å². The van der Waals surface area contributed by atoms with E-state index in [2.05, 4.69) is 0 Å². The molecule has 0 amide bonds. The van der Waals surface area contributed by atoms with Gasteiger partial charge in [-0.05, 0) is 24.3 Å². The Morgan fingerprint density at radius 1 is 0.778 bits per heavy atom. The van der Waals surface area contributed by atoms with Crippen LogP contribution in [0, 0.1) is 5.92 Å². The van der Waals surface area contributed by atoms with E-state index < -0.39 is 29.3 Å². The first-order valence-corrected chi connectivity index (χ1v) is 8.16. The number of hydrogen-bond donors (Lipinski definition) is 0. The lowest BCUT2D eigenvalue weighted by molar-refractivity contribution is -0.265. The van der Waals surface area contributed by atoms with Gasteiger partial charge in [-0.2, -0.15) is 26.3 Å². The van der Waals surface area contributed by atoms with Gasteiger partial charge in [0.1, 0.15) is 0 Å². The lowest BCUT2D eigenvalue weighted by Gasteiger charge is -2.40. The van der Waals surface area contributed by atoms with Crippen molar-refractivity contribution in [2.24, 2.45) is 5.92 Å². The molecule has 8 heteroatoms. The topological polar surface area (TPSA) is 18.5 Å². The van der Waals surface area contributed by atoms with Crippen molar-refractivity contribution in [3.63, 3.8) is 0 Å². The van der Waals surface area contributed by atoms with Crippen molar-refractivity contribution in [3.05, 3.63) is 70.8 Å². The number of ether oxygens (including phenoxy) is 2. The summed E-state index contributed by atoms with van der Waals surface area (Å²) in [5, 5.41) is 0. The molecule has 0 aromatic heterocycles. The molecule has 27 heavy (non-hydrogen) atoms. The van der Waals surface area contributed by atoms with Gasteiger partial charge >= 0.3 is 12.4 Å². The molecule has 1 aliphatic heterocycles. The van der Waals surface area contributed by atoms with Crippen LogP contribution in [0.3, 0.4) is 0 Å². The van der Waals surface area contributed by atoms with E-state index in [1.54, 1.807) is 0 Å². The van der Waals surface area contributed by atoms with Gasteiger partial charge in [0, 0.05) is 17.0 Å². The predicted octanol–water partition coefficient (Wildman–Crippen LogP) is 5.61. The molecule has 0 spiro atoms. The quantitative estimate of drug-likeness (QED) is 0.621. The van der Waals surface area contributed by atoms with Crippen molar-refractivity contribution in [3.8, 4) is 0 Å². The Labute approximate surface area is 151 Å². The minimum absolute atomic E-state index is 0.0106. The average molecular weight is 390 g/mol. The highest BCUT2D eigenvalue weighted by molar-refractivity contribution is 5.39. The smallest absolute Gasteiger partial charge is 0.342 e. The fourth-order valence-electron chi connectivity index (χ4n) is 2.91. The molecule has 2 aromatic rings. The van der Waals surface area contributed by atoms with Crippen LogP contribution in [-0.2, 0) is 27.6 Å². The van der Waals surface area contributed by atoms with E-state index in [9.17, 15) is 26.3 Å². The van der Waals surface area contributed by atoms with Crippen molar-refractivity contribution in [2.75, 3.05) is 13.2 Å². The molecule has 1 saturated heterocycles. The van der Waals surface area contributed by atoms with Crippen molar-refractivity contribution >= 4 is 0 Å². The van der Waals surface area contributed by atoms with Gasteiger partial charge in [-0.15, -0.1) is 0 Å². The third-order valence-corrected chi connectivity index (χ3v) is 4.28. The van der Waals surface area contributed by atoms with E-state index in [4.69, 9.17) is 9.47 Å². The normalized spacial score (nSPS) is 18.5. The summed E-state index contributed by atoms with van der Waals surface area (Å²) in [5.74, 6) is -1.88. The van der Waals surface area contributed by atoms with Gasteiger partial charge < -0.3 is 9.47 Å². The summed E-state index contributed by atoms with van der Waals surface area (Å²) in [6.45, 7) is 2.07. The van der Waals surface area contributed by atoms with Crippen LogP contribution in [0.25, 0.3) is 0 Å². The van der Waals surface area contributed by atoms with E-state index in [1.807, 2.05) is 6.92 Å². The largest absolute Gasteiger partial charge is 0.416 e. The van der Waals surface area contributed by atoms with E-state index in [-0.39, 0.29) is 30.3 Å². The highest BCUT2D eigenvalue weighted by Gasteiger charge is 2.43. The van der Waals surface area contributed by atoms with Gasteiger partial charge in [0.15, 0.2) is 0 Å². The van der Waals surface area contributed by atoms with Gasteiger partial charge in [-0.1, -0.05) is 31.2 Å². The molecule has 1 aliphatic rings. The first-order chi connectivity index (χ1) is 12.5. The maximum Gasteiger partial charge on any atom is 0.416 e. The van der Waals surface area contributed by atoms with Crippen LogP contribution < -0.4 is 0 Å². The van der Waals surface area contributed by atoms with Crippen LogP contribution in [-0.4, -0.2) is 13.2 Å². The highest BCUT2D eigenvalue weighted by atomic mass is 19.4. The summed E-state index contributed by atoms with van der Waals surface area (Å²) >= 11 is 0. The van der Waals surface area contributed by atoms with Crippen LogP contribution >= 0.6 is 0 Å². The maximum atomic E-state index is 13.1. The van der Waals surface area contributed by atoms with E-state index in [0.29, 0.717) is 0 Å². The molecule has 0 aliphatic carbocycles. The third kappa shape index (κ3) is 3.96. The molecule has 2 nitrogen and oxygen atoms in total. The number of halogens is 6. The second-order valence-electron chi connectivity index (χ2n) is 6.50. The third-order valence-electron chi connectivity index (χ3n) is 4.28. The van der Waals surface area contributed by atoms with Crippen molar-refractivity contribution < 1.29 is 35.8 Å². The summed E-state index contributed by atoms with van der Waals surface area (Å²) in [7, 11) is 0. The number of hydrogen-bond acceptors (Lipinski definition) is 2. The fourth-order valence-corrected chi connectivity index (χ4v) is 2.91. The molecule has 0 radical (unpaired) electrons. The summed E-state index contributed by atoms with van der Waals surface area (Å²) < 4.78 is 90.1. The summed E-state index contributed by atoms with van der Waals surface area (Å²) in [6, 6.07) is 8.52. The molecular weight excluding hydrogens is 374 g/mol. The zero-order valence-electron chi connectivity index (χ0n) is 14.2. The lowest BCUT2D eigenvalue weighted by Crippen LogP contribution is -2.42. The Kier molecular flexibility index (Phi) is 4.98. The van der Waals surface area contributed by atoms with Crippen molar-refractivity contribution in [1.82, 2.24) is 0 Å². The lowest BCUT2D eigenvalue weighted by atomic mass is 9.92. The molecule has 146 valence electrons. The van der Waals surface area contributed by atoms with E-state index in [0.717, 1.165) is 24.3 Å². The zero-order valence-corrected chi connectivity index (χ0v) is 14.2. The van der Waals surface area contributed by atoms with Gasteiger partial charge in [0.05, 0.1) is 24.3 Å². The van der Waals surface area contributed by atoms with Crippen LogP contribution in [0.1, 0.15) is 29.2 Å². The molecule has 0 unspecified atom stereocenters. The van der Waals surface area contributed by atoms with Crippen LogP contribution in [0.2, 0.25) is 0 Å².